The Morgan fingerprint density at radius 2 is 1.67 bits per heavy atom. The Bertz CT molecular complexity index is 857. The highest BCUT2D eigenvalue weighted by atomic mass is 16.6. The number of terminal acetylenes is 1. The van der Waals surface area contributed by atoms with Crippen LogP contribution in [0.5, 0.6) is 0 Å². The van der Waals surface area contributed by atoms with Crippen LogP contribution in [0.4, 0.5) is 4.79 Å². The van der Waals surface area contributed by atoms with Crippen molar-refractivity contribution < 1.29 is 19.1 Å². The molecule has 0 aliphatic rings. The summed E-state index contributed by atoms with van der Waals surface area (Å²) in [6.07, 6.45) is 6.33. The van der Waals surface area contributed by atoms with E-state index in [4.69, 9.17) is 11.2 Å². The number of rotatable bonds is 8. The molecule has 0 spiro atoms. The molecule has 0 radical (unpaired) electrons. The van der Waals surface area contributed by atoms with Crippen LogP contribution >= 0.6 is 0 Å². The molecule has 2 atom stereocenters. The van der Waals surface area contributed by atoms with Crippen molar-refractivity contribution in [3.05, 3.63) is 35.4 Å². The van der Waals surface area contributed by atoms with Crippen molar-refractivity contribution in [1.29, 1.82) is 0 Å². The number of nitrogens with one attached hydrogen (secondary N) is 2. The zero-order chi connectivity index (χ0) is 25.4. The van der Waals surface area contributed by atoms with E-state index in [1.807, 2.05) is 27.7 Å². The third-order valence-corrected chi connectivity index (χ3v) is 4.59. The van der Waals surface area contributed by atoms with Crippen LogP contribution < -0.4 is 10.6 Å². The van der Waals surface area contributed by atoms with Crippen molar-refractivity contribution in [2.75, 3.05) is 6.54 Å². The molecule has 0 fully saturated rings. The number of benzene rings is 1. The standard InChI is InChI=1S/C26H39N3O4/c1-10-12-17-29(23(31)18(3)27-24(32)33-26(7,8)9)21(22(30)28-25(4,5)6)20-15-13-19(11-2)14-16-20/h2,13-16,18,21H,10,12,17H2,1,3-9H3,(H,27,32)(H,28,30). The van der Waals surface area contributed by atoms with Gasteiger partial charge in [0.05, 0.1) is 0 Å². The van der Waals surface area contributed by atoms with E-state index >= 15 is 0 Å². The van der Waals surface area contributed by atoms with E-state index in [0.717, 1.165) is 6.42 Å². The van der Waals surface area contributed by atoms with Crippen molar-refractivity contribution in [1.82, 2.24) is 15.5 Å². The Balaban J connectivity index is 3.34. The van der Waals surface area contributed by atoms with Gasteiger partial charge in [-0.3, -0.25) is 9.59 Å². The number of hydrogen-bond acceptors (Lipinski definition) is 4. The van der Waals surface area contributed by atoms with Crippen molar-refractivity contribution in [2.45, 2.75) is 91.5 Å². The molecule has 0 saturated carbocycles. The summed E-state index contributed by atoms with van der Waals surface area (Å²) < 4.78 is 5.28. The molecule has 2 unspecified atom stereocenters. The lowest BCUT2D eigenvalue weighted by atomic mass is 9.99. The maximum absolute atomic E-state index is 13.5. The van der Waals surface area contributed by atoms with Crippen LogP contribution in [-0.4, -0.2) is 46.5 Å². The van der Waals surface area contributed by atoms with Crippen molar-refractivity contribution in [2.24, 2.45) is 0 Å². The van der Waals surface area contributed by atoms with Crippen LogP contribution in [0.15, 0.2) is 24.3 Å². The van der Waals surface area contributed by atoms with Gasteiger partial charge in [0.25, 0.3) is 0 Å². The normalized spacial score (nSPS) is 13.3. The third kappa shape index (κ3) is 9.56. The van der Waals surface area contributed by atoms with E-state index < -0.39 is 29.3 Å². The molecule has 2 N–H and O–H groups in total. The summed E-state index contributed by atoms with van der Waals surface area (Å²) in [5.74, 6) is 1.89. The number of unbranched alkanes of at least 4 members (excludes halogenated alkanes) is 1. The highest BCUT2D eigenvalue weighted by molar-refractivity contribution is 5.92. The zero-order valence-corrected chi connectivity index (χ0v) is 21.2. The number of amides is 3. The van der Waals surface area contributed by atoms with Crippen molar-refractivity contribution >= 4 is 17.9 Å². The quantitative estimate of drug-likeness (QED) is 0.574. The van der Waals surface area contributed by atoms with Crippen molar-refractivity contribution in [3.8, 4) is 12.3 Å². The second-order valence-electron chi connectivity index (χ2n) is 10.2. The summed E-state index contributed by atoms with van der Waals surface area (Å²) in [5, 5.41) is 5.58. The average molecular weight is 458 g/mol. The van der Waals surface area contributed by atoms with Crippen LogP contribution in [0.2, 0.25) is 0 Å². The van der Waals surface area contributed by atoms with Crippen LogP contribution in [0.25, 0.3) is 0 Å². The highest BCUT2D eigenvalue weighted by Gasteiger charge is 2.35. The summed E-state index contributed by atoms with van der Waals surface area (Å²) in [6.45, 7) is 14.9. The fourth-order valence-corrected chi connectivity index (χ4v) is 3.16. The Hall–Kier alpha value is -3.01. The smallest absolute Gasteiger partial charge is 0.408 e. The van der Waals surface area contributed by atoms with Crippen LogP contribution in [0, 0.1) is 12.3 Å². The largest absolute Gasteiger partial charge is 0.444 e. The summed E-state index contributed by atoms with van der Waals surface area (Å²) in [6, 6.07) is 5.26. The SMILES string of the molecule is C#Cc1ccc(C(C(=O)NC(C)(C)C)N(CCCC)C(=O)C(C)NC(=O)OC(C)(C)C)cc1. The number of hydrogen-bond donors (Lipinski definition) is 2. The Morgan fingerprint density at radius 3 is 2.12 bits per heavy atom. The van der Waals surface area contributed by atoms with Gasteiger partial charge in [-0.25, -0.2) is 4.79 Å². The molecule has 7 heteroatoms. The molecular formula is C26H39N3O4. The van der Waals surface area contributed by atoms with Gasteiger partial charge in [0.2, 0.25) is 11.8 Å². The molecular weight excluding hydrogens is 418 g/mol. The van der Waals surface area contributed by atoms with Gasteiger partial charge in [0, 0.05) is 17.6 Å². The summed E-state index contributed by atoms with van der Waals surface area (Å²) in [5.41, 5.74) is 0.140. The van der Waals surface area contributed by atoms with Gasteiger partial charge in [-0.05, 0) is 72.6 Å². The molecule has 0 aliphatic heterocycles. The third-order valence-electron chi connectivity index (χ3n) is 4.59. The monoisotopic (exact) mass is 457 g/mol. The van der Waals surface area contributed by atoms with Crippen LogP contribution in [-0.2, 0) is 14.3 Å². The lowest BCUT2D eigenvalue weighted by Gasteiger charge is -2.35. The molecule has 1 aromatic carbocycles. The molecule has 0 bridgehead atoms. The minimum absolute atomic E-state index is 0.301. The number of carbonyl (C=O) groups is 3. The minimum Gasteiger partial charge on any atom is -0.444 e. The summed E-state index contributed by atoms with van der Waals surface area (Å²) in [7, 11) is 0. The molecule has 7 nitrogen and oxygen atoms in total. The molecule has 0 aliphatic carbocycles. The molecule has 33 heavy (non-hydrogen) atoms. The van der Waals surface area contributed by atoms with Crippen LogP contribution in [0.3, 0.4) is 0 Å². The van der Waals surface area contributed by atoms with E-state index in [0.29, 0.717) is 24.1 Å². The molecule has 0 aromatic heterocycles. The summed E-state index contributed by atoms with van der Waals surface area (Å²) in [4.78, 5) is 40.7. The first kappa shape index (κ1) is 28.0. The van der Waals surface area contributed by atoms with Gasteiger partial charge >= 0.3 is 6.09 Å². The Labute approximate surface area is 198 Å². The van der Waals surface area contributed by atoms with E-state index in [1.165, 1.54) is 4.90 Å². The fourth-order valence-electron chi connectivity index (χ4n) is 3.16. The number of nitrogens with zero attached hydrogens (tertiary/aromatic N) is 1. The highest BCUT2D eigenvalue weighted by Crippen LogP contribution is 2.25. The van der Waals surface area contributed by atoms with Gasteiger partial charge in [-0.2, -0.15) is 0 Å². The molecule has 1 aromatic rings. The predicted molar refractivity (Wildman–Crippen MR) is 130 cm³/mol. The maximum Gasteiger partial charge on any atom is 0.408 e. The second-order valence-corrected chi connectivity index (χ2v) is 10.2. The number of alkyl carbamates (subject to hydrolysis) is 1. The molecule has 182 valence electrons. The Morgan fingerprint density at radius 1 is 1.09 bits per heavy atom. The van der Waals surface area contributed by atoms with Crippen molar-refractivity contribution in [3.63, 3.8) is 0 Å². The minimum atomic E-state index is -0.883. The lowest BCUT2D eigenvalue weighted by Crippen LogP contribution is -2.54. The molecule has 0 saturated heterocycles. The van der Waals surface area contributed by atoms with E-state index in [2.05, 4.69) is 16.6 Å². The lowest BCUT2D eigenvalue weighted by molar-refractivity contribution is -0.142. The summed E-state index contributed by atoms with van der Waals surface area (Å²) >= 11 is 0. The second kappa shape index (κ2) is 11.7. The molecule has 3 amide bonds. The van der Waals surface area contributed by atoms with Gasteiger partial charge < -0.3 is 20.3 Å². The predicted octanol–water partition coefficient (Wildman–Crippen LogP) is 4.17. The first-order valence-corrected chi connectivity index (χ1v) is 11.4. The average Bonchev–Trinajstić information content (AvgIpc) is 2.67. The molecule has 1 rings (SSSR count). The van der Waals surface area contributed by atoms with Gasteiger partial charge in [-0.1, -0.05) is 31.4 Å². The zero-order valence-electron chi connectivity index (χ0n) is 21.2. The van der Waals surface area contributed by atoms with E-state index in [9.17, 15) is 14.4 Å². The Kier molecular flexibility index (Phi) is 9.97. The first-order chi connectivity index (χ1) is 15.2. The van der Waals surface area contributed by atoms with Crippen LogP contribution in [0.1, 0.15) is 85.4 Å². The first-order valence-electron chi connectivity index (χ1n) is 11.4. The van der Waals surface area contributed by atoms with E-state index in [-0.39, 0.29) is 11.8 Å². The fraction of sp³-hybridized carbons (Fsp3) is 0.577. The van der Waals surface area contributed by atoms with E-state index in [1.54, 1.807) is 52.0 Å². The maximum atomic E-state index is 13.5. The number of carbonyl (C=O) groups excluding carboxylic acids is 3. The topological polar surface area (TPSA) is 87.7 Å². The van der Waals surface area contributed by atoms with Gasteiger partial charge in [0.15, 0.2) is 0 Å². The number of ether oxygens (including phenoxy) is 1. The molecule has 0 heterocycles. The van der Waals surface area contributed by atoms with Gasteiger partial charge in [-0.15, -0.1) is 6.42 Å². The van der Waals surface area contributed by atoms with Gasteiger partial charge in [0.1, 0.15) is 17.7 Å².